The van der Waals surface area contributed by atoms with Gasteiger partial charge in [0.1, 0.15) is 0 Å². The predicted molar refractivity (Wildman–Crippen MR) is 65.3 cm³/mol. The zero-order valence-corrected chi connectivity index (χ0v) is 10.9. The van der Waals surface area contributed by atoms with Crippen LogP contribution in [-0.4, -0.2) is 23.8 Å². The molecule has 1 aromatic rings. The molecule has 0 radical (unpaired) electrons. The van der Waals surface area contributed by atoms with E-state index in [4.69, 9.17) is 16.3 Å². The molecule has 0 amide bonds. The molecule has 1 saturated carbocycles. The number of nitrogens with zero attached hydrogens (tertiary/aromatic N) is 1. The molecule has 19 heavy (non-hydrogen) atoms. The van der Waals surface area contributed by atoms with Gasteiger partial charge in [-0.25, -0.2) is 4.98 Å². The number of hydrogen-bond acceptors (Lipinski definition) is 3. The first-order valence-corrected chi connectivity index (χ1v) is 6.40. The molecule has 0 spiro atoms. The average molecular weight is 295 g/mol. The summed E-state index contributed by atoms with van der Waals surface area (Å²) in [6.45, 7) is 0.0631. The molecule has 1 fully saturated rings. The Balaban J connectivity index is 1.87. The van der Waals surface area contributed by atoms with Crippen molar-refractivity contribution in [2.45, 2.75) is 38.0 Å². The van der Waals surface area contributed by atoms with Crippen LogP contribution < -0.4 is 10.1 Å². The molecule has 0 atom stereocenters. The second-order valence-corrected chi connectivity index (χ2v) is 4.85. The fraction of sp³-hybridized carbons (Fsp3) is 0.583. The number of rotatable bonds is 6. The lowest BCUT2D eigenvalue weighted by atomic mass is 10.3. The third kappa shape index (κ3) is 5.24. The van der Waals surface area contributed by atoms with Gasteiger partial charge in [-0.1, -0.05) is 11.6 Å². The second-order valence-electron chi connectivity index (χ2n) is 4.45. The first-order chi connectivity index (χ1) is 8.94. The van der Waals surface area contributed by atoms with E-state index in [0.717, 1.165) is 12.8 Å². The van der Waals surface area contributed by atoms with Gasteiger partial charge in [-0.05, 0) is 18.9 Å². The van der Waals surface area contributed by atoms with Crippen LogP contribution in [0, 0.1) is 0 Å². The van der Waals surface area contributed by atoms with Crippen LogP contribution in [0.1, 0.15) is 25.0 Å². The number of halogens is 4. The SMILES string of the molecule is FC(F)(F)CCOc1ccc(Cl)c(CNC2CC2)n1. The molecule has 0 aliphatic heterocycles. The molecule has 0 bridgehead atoms. The highest BCUT2D eigenvalue weighted by atomic mass is 35.5. The molecule has 7 heteroatoms. The number of alkyl halides is 3. The number of ether oxygens (including phenoxy) is 1. The normalized spacial score (nSPS) is 15.6. The van der Waals surface area contributed by atoms with E-state index < -0.39 is 19.2 Å². The minimum Gasteiger partial charge on any atom is -0.477 e. The molecule has 1 N–H and O–H groups in total. The molecule has 0 saturated heterocycles. The van der Waals surface area contributed by atoms with Crippen molar-refractivity contribution in [3.63, 3.8) is 0 Å². The van der Waals surface area contributed by atoms with Gasteiger partial charge in [-0.15, -0.1) is 0 Å². The smallest absolute Gasteiger partial charge is 0.392 e. The van der Waals surface area contributed by atoms with Crippen LogP contribution in [-0.2, 0) is 6.54 Å². The monoisotopic (exact) mass is 294 g/mol. The van der Waals surface area contributed by atoms with Crippen molar-refractivity contribution in [3.8, 4) is 5.88 Å². The van der Waals surface area contributed by atoms with Gasteiger partial charge >= 0.3 is 6.18 Å². The quantitative estimate of drug-likeness (QED) is 0.874. The lowest BCUT2D eigenvalue weighted by Gasteiger charge is -2.10. The molecule has 1 aliphatic carbocycles. The summed E-state index contributed by atoms with van der Waals surface area (Å²) < 4.78 is 40.9. The summed E-state index contributed by atoms with van der Waals surface area (Å²) >= 11 is 5.97. The van der Waals surface area contributed by atoms with Crippen molar-refractivity contribution in [2.75, 3.05) is 6.61 Å². The Morgan fingerprint density at radius 1 is 1.37 bits per heavy atom. The number of nitrogens with one attached hydrogen (secondary N) is 1. The molecule has 1 aliphatic rings. The van der Waals surface area contributed by atoms with Gasteiger partial charge in [-0.2, -0.15) is 13.2 Å². The van der Waals surface area contributed by atoms with E-state index in [9.17, 15) is 13.2 Å². The standard InChI is InChI=1S/C12H14ClF3N2O/c13-9-3-4-11(19-6-5-12(14,15)16)18-10(9)7-17-8-1-2-8/h3-4,8,17H,1-2,5-7H2. The molecule has 3 nitrogen and oxygen atoms in total. The number of pyridine rings is 1. The van der Waals surface area contributed by atoms with Crippen molar-refractivity contribution in [2.24, 2.45) is 0 Å². The highest BCUT2D eigenvalue weighted by Crippen LogP contribution is 2.23. The van der Waals surface area contributed by atoms with Gasteiger partial charge in [0.2, 0.25) is 5.88 Å². The molecular formula is C12H14ClF3N2O. The highest BCUT2D eigenvalue weighted by Gasteiger charge is 2.27. The van der Waals surface area contributed by atoms with Crippen LogP contribution in [0.4, 0.5) is 13.2 Å². The van der Waals surface area contributed by atoms with Crippen LogP contribution in [0.15, 0.2) is 12.1 Å². The van der Waals surface area contributed by atoms with Crippen LogP contribution in [0.5, 0.6) is 5.88 Å². The Kier molecular flexibility index (Phi) is 4.52. The van der Waals surface area contributed by atoms with Crippen molar-refractivity contribution >= 4 is 11.6 Å². The van der Waals surface area contributed by atoms with E-state index in [1.165, 1.54) is 6.07 Å². The van der Waals surface area contributed by atoms with E-state index in [-0.39, 0.29) is 5.88 Å². The van der Waals surface area contributed by atoms with Gasteiger partial charge in [0.15, 0.2) is 0 Å². The zero-order valence-electron chi connectivity index (χ0n) is 10.1. The molecule has 106 valence electrons. The average Bonchev–Trinajstić information content (AvgIpc) is 3.12. The molecule has 0 unspecified atom stereocenters. The van der Waals surface area contributed by atoms with Crippen molar-refractivity contribution in [1.29, 1.82) is 0 Å². The molecule has 0 aromatic carbocycles. The fourth-order valence-corrected chi connectivity index (χ4v) is 1.64. The van der Waals surface area contributed by atoms with Crippen molar-refractivity contribution in [3.05, 3.63) is 22.8 Å². The van der Waals surface area contributed by atoms with Crippen LogP contribution in [0.3, 0.4) is 0 Å². The van der Waals surface area contributed by atoms with Crippen molar-refractivity contribution in [1.82, 2.24) is 10.3 Å². The van der Waals surface area contributed by atoms with Gasteiger partial charge in [0.05, 0.1) is 23.7 Å². The molecule has 2 rings (SSSR count). The summed E-state index contributed by atoms with van der Waals surface area (Å²) in [5.74, 6) is 0.168. The minimum atomic E-state index is -4.22. The van der Waals surface area contributed by atoms with E-state index in [0.29, 0.717) is 23.3 Å². The number of hydrogen-bond donors (Lipinski definition) is 1. The third-order valence-electron chi connectivity index (χ3n) is 2.66. The topological polar surface area (TPSA) is 34.1 Å². The maximum atomic E-state index is 12.0. The van der Waals surface area contributed by atoms with Crippen molar-refractivity contribution < 1.29 is 17.9 Å². The van der Waals surface area contributed by atoms with Crippen LogP contribution >= 0.6 is 11.6 Å². The third-order valence-corrected chi connectivity index (χ3v) is 3.01. The Morgan fingerprint density at radius 2 is 2.11 bits per heavy atom. The largest absolute Gasteiger partial charge is 0.477 e. The Hall–Kier alpha value is -1.01. The fourth-order valence-electron chi connectivity index (χ4n) is 1.47. The van der Waals surface area contributed by atoms with Gasteiger partial charge < -0.3 is 10.1 Å². The Bertz CT molecular complexity index is 435. The van der Waals surface area contributed by atoms with Gasteiger partial charge in [0, 0.05) is 18.7 Å². The first-order valence-electron chi connectivity index (χ1n) is 6.02. The lowest BCUT2D eigenvalue weighted by Crippen LogP contribution is -2.17. The zero-order chi connectivity index (χ0) is 13.9. The van der Waals surface area contributed by atoms with E-state index in [1.807, 2.05) is 0 Å². The minimum absolute atomic E-state index is 0.168. The Morgan fingerprint density at radius 3 is 2.74 bits per heavy atom. The van der Waals surface area contributed by atoms with E-state index in [1.54, 1.807) is 6.07 Å². The van der Waals surface area contributed by atoms with Crippen LogP contribution in [0.2, 0.25) is 5.02 Å². The van der Waals surface area contributed by atoms with Gasteiger partial charge in [0.25, 0.3) is 0 Å². The van der Waals surface area contributed by atoms with Crippen LogP contribution in [0.25, 0.3) is 0 Å². The maximum absolute atomic E-state index is 12.0. The molecule has 1 heterocycles. The maximum Gasteiger partial charge on any atom is 0.392 e. The first kappa shape index (κ1) is 14.4. The van der Waals surface area contributed by atoms with Gasteiger partial charge in [-0.3, -0.25) is 0 Å². The molecular weight excluding hydrogens is 281 g/mol. The summed E-state index contributed by atoms with van der Waals surface area (Å²) in [6.07, 6.45) is -2.94. The summed E-state index contributed by atoms with van der Waals surface area (Å²) in [5.41, 5.74) is 0.595. The predicted octanol–water partition coefficient (Wildman–Crippen LogP) is 3.32. The Labute approximate surface area is 114 Å². The second kappa shape index (κ2) is 5.96. The number of aromatic nitrogens is 1. The summed E-state index contributed by atoms with van der Waals surface area (Å²) in [6, 6.07) is 3.56. The summed E-state index contributed by atoms with van der Waals surface area (Å²) in [4.78, 5) is 4.11. The highest BCUT2D eigenvalue weighted by molar-refractivity contribution is 6.31. The lowest BCUT2D eigenvalue weighted by molar-refractivity contribution is -0.139. The molecule has 1 aromatic heterocycles. The summed E-state index contributed by atoms with van der Waals surface area (Å²) in [5, 5.41) is 3.72. The van der Waals surface area contributed by atoms with E-state index in [2.05, 4.69) is 10.3 Å². The summed E-state index contributed by atoms with van der Waals surface area (Å²) in [7, 11) is 0. The van der Waals surface area contributed by atoms with E-state index >= 15 is 0 Å².